The molecule has 30 heavy (non-hydrogen) atoms. The van der Waals surface area contributed by atoms with E-state index in [1.54, 1.807) is 6.20 Å². The minimum absolute atomic E-state index is 0.0294. The molecule has 1 aliphatic heterocycles. The van der Waals surface area contributed by atoms with E-state index in [1.807, 2.05) is 61.9 Å². The van der Waals surface area contributed by atoms with E-state index >= 15 is 0 Å². The lowest BCUT2D eigenvalue weighted by atomic mass is 10.1. The highest BCUT2D eigenvalue weighted by atomic mass is 16.5. The third-order valence-corrected chi connectivity index (χ3v) is 5.63. The number of amides is 1. The molecule has 1 unspecified atom stereocenters. The normalized spacial score (nSPS) is 15.8. The number of aromatic nitrogens is 2. The largest absolute Gasteiger partial charge is 0.465 e. The van der Waals surface area contributed by atoms with E-state index < -0.39 is 0 Å². The molecule has 0 aliphatic carbocycles. The Morgan fingerprint density at radius 1 is 1.13 bits per heavy atom. The van der Waals surface area contributed by atoms with Crippen LogP contribution in [-0.2, 0) is 4.74 Å². The van der Waals surface area contributed by atoms with Gasteiger partial charge in [0.2, 0.25) is 0 Å². The number of benzene rings is 1. The minimum atomic E-state index is -0.131. The van der Waals surface area contributed by atoms with E-state index in [9.17, 15) is 4.79 Å². The lowest BCUT2D eigenvalue weighted by molar-refractivity contribution is 0.0117. The van der Waals surface area contributed by atoms with Crippen LogP contribution >= 0.6 is 0 Å². The van der Waals surface area contributed by atoms with Crippen molar-refractivity contribution in [3.8, 4) is 5.69 Å². The number of ether oxygens (including phenoxy) is 1. The number of carbonyl (C=O) groups excluding carboxylic acids is 1. The minimum Gasteiger partial charge on any atom is -0.465 e. The summed E-state index contributed by atoms with van der Waals surface area (Å²) in [6.45, 7) is 9.34. The van der Waals surface area contributed by atoms with E-state index in [2.05, 4.69) is 15.3 Å². The van der Waals surface area contributed by atoms with Crippen LogP contribution < -0.4 is 5.32 Å². The highest BCUT2D eigenvalue weighted by molar-refractivity contribution is 5.95. The standard InChI is InChI=1S/C23H28N4O3/c1-16-6-4-5-7-20(16)27-18(3)19(14-25-27)23(28)24-15-21(22-9-8-17(2)30-22)26-10-12-29-13-11-26/h4-9,14,21H,10-13,15H2,1-3H3,(H,24,28). The average Bonchev–Trinajstić information content (AvgIpc) is 3.35. The van der Waals surface area contributed by atoms with E-state index in [1.165, 1.54) is 0 Å². The molecule has 1 aromatic carbocycles. The molecule has 2 aromatic heterocycles. The van der Waals surface area contributed by atoms with E-state index in [-0.39, 0.29) is 11.9 Å². The van der Waals surface area contributed by atoms with Gasteiger partial charge in [0.05, 0.1) is 42.4 Å². The monoisotopic (exact) mass is 408 g/mol. The number of aryl methyl sites for hydroxylation is 2. The Morgan fingerprint density at radius 2 is 1.90 bits per heavy atom. The van der Waals surface area contributed by atoms with Crippen LogP contribution in [0.15, 0.2) is 47.0 Å². The van der Waals surface area contributed by atoms with E-state index in [4.69, 9.17) is 9.15 Å². The van der Waals surface area contributed by atoms with Crippen molar-refractivity contribution in [1.29, 1.82) is 0 Å². The molecule has 1 fully saturated rings. The van der Waals surface area contributed by atoms with Crippen LogP contribution in [0.4, 0.5) is 0 Å². The Balaban J connectivity index is 1.51. The number of furan rings is 1. The molecular formula is C23H28N4O3. The predicted molar refractivity (Wildman–Crippen MR) is 114 cm³/mol. The Hall–Kier alpha value is -2.90. The molecule has 1 amide bonds. The summed E-state index contributed by atoms with van der Waals surface area (Å²) in [4.78, 5) is 15.3. The first-order valence-corrected chi connectivity index (χ1v) is 10.3. The Bertz CT molecular complexity index is 1020. The summed E-state index contributed by atoms with van der Waals surface area (Å²) in [6, 6.07) is 11.9. The summed E-state index contributed by atoms with van der Waals surface area (Å²) in [5.41, 5.74) is 3.48. The van der Waals surface area contributed by atoms with Crippen LogP contribution in [0.3, 0.4) is 0 Å². The molecule has 1 N–H and O–H groups in total. The zero-order valence-electron chi connectivity index (χ0n) is 17.7. The summed E-state index contributed by atoms with van der Waals surface area (Å²) in [7, 11) is 0. The second-order valence-corrected chi connectivity index (χ2v) is 7.66. The van der Waals surface area contributed by atoms with Gasteiger partial charge in [-0.2, -0.15) is 5.10 Å². The molecule has 1 aliphatic rings. The van der Waals surface area contributed by atoms with Gasteiger partial charge < -0.3 is 14.5 Å². The van der Waals surface area contributed by atoms with Crippen molar-refractivity contribution < 1.29 is 13.9 Å². The lowest BCUT2D eigenvalue weighted by Gasteiger charge is -2.33. The van der Waals surface area contributed by atoms with Crippen LogP contribution in [-0.4, -0.2) is 53.4 Å². The van der Waals surface area contributed by atoms with Crippen LogP contribution in [0.5, 0.6) is 0 Å². The summed E-state index contributed by atoms with van der Waals surface area (Å²) >= 11 is 0. The van der Waals surface area contributed by atoms with Crippen molar-refractivity contribution >= 4 is 5.91 Å². The van der Waals surface area contributed by atoms with Gasteiger partial charge in [-0.1, -0.05) is 18.2 Å². The van der Waals surface area contributed by atoms with Crippen molar-refractivity contribution in [3.05, 3.63) is 70.9 Å². The number of carbonyl (C=O) groups is 1. The molecule has 0 radical (unpaired) electrons. The van der Waals surface area contributed by atoms with Crippen molar-refractivity contribution in [2.45, 2.75) is 26.8 Å². The van der Waals surface area contributed by atoms with Crippen LogP contribution in [0.2, 0.25) is 0 Å². The van der Waals surface area contributed by atoms with Crippen molar-refractivity contribution in [2.24, 2.45) is 0 Å². The summed E-state index contributed by atoms with van der Waals surface area (Å²) in [6.07, 6.45) is 1.64. The van der Waals surface area contributed by atoms with Gasteiger partial charge in [0.1, 0.15) is 11.5 Å². The second kappa shape index (κ2) is 8.85. The van der Waals surface area contributed by atoms with Gasteiger partial charge in [-0.05, 0) is 44.5 Å². The molecule has 158 valence electrons. The van der Waals surface area contributed by atoms with Crippen LogP contribution in [0.1, 0.15) is 39.2 Å². The quantitative estimate of drug-likeness (QED) is 0.678. The molecule has 7 heteroatoms. The number of rotatable bonds is 6. The summed E-state index contributed by atoms with van der Waals surface area (Å²) in [5, 5.41) is 7.55. The van der Waals surface area contributed by atoms with E-state index in [0.29, 0.717) is 25.3 Å². The lowest BCUT2D eigenvalue weighted by Crippen LogP contribution is -2.43. The van der Waals surface area contributed by atoms with Crippen molar-refractivity contribution in [2.75, 3.05) is 32.8 Å². The number of morpholine rings is 1. The molecule has 7 nitrogen and oxygen atoms in total. The molecule has 0 spiro atoms. The number of nitrogens with zero attached hydrogens (tertiary/aromatic N) is 3. The topological polar surface area (TPSA) is 72.5 Å². The number of para-hydroxylation sites is 1. The molecule has 1 saturated heterocycles. The fourth-order valence-electron chi connectivity index (χ4n) is 3.89. The molecule has 0 bridgehead atoms. The van der Waals surface area contributed by atoms with Crippen LogP contribution in [0, 0.1) is 20.8 Å². The Kier molecular flexibility index (Phi) is 6.01. The molecule has 3 aromatic rings. The van der Waals surface area contributed by atoms with E-state index in [0.717, 1.165) is 41.6 Å². The zero-order valence-corrected chi connectivity index (χ0v) is 17.7. The maximum atomic E-state index is 13.0. The summed E-state index contributed by atoms with van der Waals surface area (Å²) in [5.74, 6) is 1.60. The first kappa shape index (κ1) is 20.4. The van der Waals surface area contributed by atoms with Gasteiger partial charge in [0, 0.05) is 19.6 Å². The molecule has 3 heterocycles. The molecule has 4 rings (SSSR count). The fourth-order valence-corrected chi connectivity index (χ4v) is 3.89. The average molecular weight is 409 g/mol. The van der Waals surface area contributed by atoms with Gasteiger partial charge in [0.15, 0.2) is 0 Å². The zero-order chi connectivity index (χ0) is 21.1. The molecule has 0 saturated carbocycles. The Morgan fingerprint density at radius 3 is 2.60 bits per heavy atom. The highest BCUT2D eigenvalue weighted by Crippen LogP contribution is 2.24. The third-order valence-electron chi connectivity index (χ3n) is 5.63. The molecular weight excluding hydrogens is 380 g/mol. The summed E-state index contributed by atoms with van der Waals surface area (Å²) < 4.78 is 13.2. The number of nitrogens with one attached hydrogen (secondary N) is 1. The predicted octanol–water partition coefficient (Wildman–Crippen LogP) is 3.19. The van der Waals surface area contributed by atoms with Crippen LogP contribution in [0.25, 0.3) is 5.69 Å². The van der Waals surface area contributed by atoms with Crippen molar-refractivity contribution in [3.63, 3.8) is 0 Å². The van der Waals surface area contributed by atoms with Gasteiger partial charge in [0.25, 0.3) is 5.91 Å². The smallest absolute Gasteiger partial charge is 0.254 e. The van der Waals surface area contributed by atoms with Gasteiger partial charge in [-0.25, -0.2) is 4.68 Å². The Labute approximate surface area is 176 Å². The maximum absolute atomic E-state index is 13.0. The number of hydrogen-bond acceptors (Lipinski definition) is 5. The van der Waals surface area contributed by atoms with Crippen molar-refractivity contribution in [1.82, 2.24) is 20.0 Å². The van der Waals surface area contributed by atoms with Gasteiger partial charge in [-0.15, -0.1) is 0 Å². The second-order valence-electron chi connectivity index (χ2n) is 7.66. The maximum Gasteiger partial charge on any atom is 0.254 e. The SMILES string of the molecule is Cc1ccc(C(CNC(=O)c2cnn(-c3ccccc3C)c2C)N2CCOCC2)o1. The van der Waals surface area contributed by atoms with Gasteiger partial charge in [-0.3, -0.25) is 9.69 Å². The highest BCUT2D eigenvalue weighted by Gasteiger charge is 2.26. The van der Waals surface area contributed by atoms with Gasteiger partial charge >= 0.3 is 0 Å². The first-order chi connectivity index (χ1) is 14.5. The molecule has 1 atom stereocenters. The third kappa shape index (κ3) is 4.17. The first-order valence-electron chi connectivity index (χ1n) is 10.3. The fraction of sp³-hybridized carbons (Fsp3) is 0.391. The number of hydrogen-bond donors (Lipinski definition) is 1.